The topological polar surface area (TPSA) is 43.8 Å². The summed E-state index contributed by atoms with van der Waals surface area (Å²) < 4.78 is 0. The average Bonchev–Trinajstić information content (AvgIpc) is 2.80. The number of carbonyl (C=O) groups excluding carboxylic acids is 1. The Morgan fingerprint density at radius 2 is 1.95 bits per heavy atom. The van der Waals surface area contributed by atoms with Gasteiger partial charge in [0.25, 0.3) is 0 Å². The maximum absolute atomic E-state index is 12.1. The van der Waals surface area contributed by atoms with Gasteiger partial charge in [0.05, 0.1) is 6.61 Å². The van der Waals surface area contributed by atoms with Gasteiger partial charge in [-0.3, -0.25) is 9.69 Å². The van der Waals surface area contributed by atoms with Crippen molar-refractivity contribution in [3.63, 3.8) is 0 Å². The molecule has 3 aliphatic rings. The van der Waals surface area contributed by atoms with E-state index in [0.29, 0.717) is 12.0 Å². The van der Waals surface area contributed by atoms with Crippen LogP contribution < -0.4 is 0 Å². The van der Waals surface area contributed by atoms with Crippen LogP contribution in [0, 0.1) is 5.92 Å². The molecule has 3 aliphatic heterocycles. The molecule has 3 saturated heterocycles. The summed E-state index contributed by atoms with van der Waals surface area (Å²) in [6, 6.07) is 11.0. The van der Waals surface area contributed by atoms with Crippen molar-refractivity contribution in [1.29, 1.82) is 0 Å². The number of hydrogen-bond donors (Lipinski definition) is 1. The lowest BCUT2D eigenvalue weighted by molar-refractivity contribution is -0.132. The molecule has 4 rings (SSSR count). The zero-order chi connectivity index (χ0) is 14.7. The summed E-state index contributed by atoms with van der Waals surface area (Å²) >= 11 is 0. The Bertz CT molecular complexity index is 477. The monoisotopic (exact) mass is 288 g/mol. The summed E-state index contributed by atoms with van der Waals surface area (Å²) in [7, 11) is 0. The van der Waals surface area contributed by atoms with Gasteiger partial charge in [-0.25, -0.2) is 0 Å². The van der Waals surface area contributed by atoms with Crippen LogP contribution in [0.25, 0.3) is 0 Å². The molecule has 4 heteroatoms. The number of aliphatic hydroxyl groups excluding tert-OH is 1. The van der Waals surface area contributed by atoms with Crippen LogP contribution in [-0.4, -0.2) is 53.1 Å². The van der Waals surface area contributed by atoms with Gasteiger partial charge in [-0.05, 0) is 24.3 Å². The molecule has 0 unspecified atom stereocenters. The van der Waals surface area contributed by atoms with E-state index in [9.17, 15) is 4.79 Å². The Balaban J connectivity index is 1.68. The van der Waals surface area contributed by atoms with Gasteiger partial charge < -0.3 is 10.0 Å². The highest BCUT2D eigenvalue weighted by Gasteiger charge is 2.35. The molecule has 114 valence electrons. The van der Waals surface area contributed by atoms with E-state index in [2.05, 4.69) is 29.2 Å². The third kappa shape index (κ3) is 3.44. The molecule has 4 nitrogen and oxygen atoms in total. The van der Waals surface area contributed by atoms with Crippen LogP contribution in [0.15, 0.2) is 30.3 Å². The van der Waals surface area contributed by atoms with E-state index in [4.69, 9.17) is 5.11 Å². The van der Waals surface area contributed by atoms with E-state index < -0.39 is 0 Å². The minimum Gasteiger partial charge on any atom is -0.396 e. The Morgan fingerprint density at radius 1 is 1.14 bits per heavy atom. The van der Waals surface area contributed by atoms with Crippen molar-refractivity contribution in [3.05, 3.63) is 35.9 Å². The number of amides is 1. The molecule has 3 fully saturated rings. The highest BCUT2D eigenvalue weighted by atomic mass is 16.3. The number of fused-ring (bicyclic) bond motifs is 4. The van der Waals surface area contributed by atoms with Gasteiger partial charge in [-0.2, -0.15) is 0 Å². The van der Waals surface area contributed by atoms with Gasteiger partial charge in [0, 0.05) is 38.6 Å². The zero-order valence-electron chi connectivity index (χ0n) is 12.4. The Hall–Kier alpha value is -1.39. The molecule has 0 aliphatic carbocycles. The molecule has 1 aromatic rings. The molecule has 1 amide bonds. The van der Waals surface area contributed by atoms with Crippen LogP contribution in [0.4, 0.5) is 0 Å². The maximum Gasteiger partial charge on any atom is 0.224 e. The first-order chi connectivity index (χ1) is 10.3. The number of carbonyl (C=O) groups is 1. The van der Waals surface area contributed by atoms with Gasteiger partial charge in [0.2, 0.25) is 5.91 Å². The molecular formula is C17H24N2O2. The second-order valence-electron chi connectivity index (χ2n) is 6.28. The van der Waals surface area contributed by atoms with Gasteiger partial charge in [0.1, 0.15) is 0 Å². The minimum absolute atomic E-state index is 0.0433. The second-order valence-corrected chi connectivity index (χ2v) is 6.28. The fourth-order valence-electron chi connectivity index (χ4n) is 3.65. The van der Waals surface area contributed by atoms with Crippen LogP contribution >= 0.6 is 0 Å². The van der Waals surface area contributed by atoms with Crippen LogP contribution in [0.3, 0.4) is 0 Å². The Labute approximate surface area is 126 Å². The van der Waals surface area contributed by atoms with Gasteiger partial charge in [-0.15, -0.1) is 0 Å². The molecule has 21 heavy (non-hydrogen) atoms. The molecule has 2 atom stereocenters. The van der Waals surface area contributed by atoms with Gasteiger partial charge >= 0.3 is 0 Å². The van der Waals surface area contributed by atoms with Gasteiger partial charge in [0.15, 0.2) is 0 Å². The molecule has 0 spiro atoms. The number of rotatable bonds is 4. The smallest absolute Gasteiger partial charge is 0.224 e. The summed E-state index contributed by atoms with van der Waals surface area (Å²) in [5.74, 6) is 0.686. The maximum atomic E-state index is 12.1. The summed E-state index contributed by atoms with van der Waals surface area (Å²) in [5.41, 5.74) is 1.35. The van der Waals surface area contributed by atoms with Crippen molar-refractivity contribution in [3.8, 4) is 0 Å². The normalized spacial score (nSPS) is 25.9. The highest BCUT2D eigenvalue weighted by Crippen LogP contribution is 2.29. The second kappa shape index (κ2) is 6.58. The lowest BCUT2D eigenvalue weighted by Gasteiger charge is -2.36. The third-order valence-electron chi connectivity index (χ3n) is 4.73. The quantitative estimate of drug-likeness (QED) is 0.913. The molecule has 1 N–H and O–H groups in total. The fourth-order valence-corrected chi connectivity index (χ4v) is 3.65. The summed E-state index contributed by atoms with van der Waals surface area (Å²) in [6.07, 6.45) is 2.66. The first-order valence-corrected chi connectivity index (χ1v) is 7.93. The predicted molar refractivity (Wildman–Crippen MR) is 81.6 cm³/mol. The Kier molecular flexibility index (Phi) is 4.56. The van der Waals surface area contributed by atoms with Crippen LogP contribution in [0.5, 0.6) is 0 Å². The SMILES string of the molecule is O=C(CCO)N1C[C@@H]2CC[C@H](C1)N(Cc1ccccc1)C2. The van der Waals surface area contributed by atoms with E-state index in [0.717, 1.165) is 26.2 Å². The number of piperidine rings is 1. The fraction of sp³-hybridized carbons (Fsp3) is 0.588. The molecule has 0 saturated carbocycles. The number of aliphatic hydroxyl groups is 1. The largest absolute Gasteiger partial charge is 0.396 e. The lowest BCUT2D eigenvalue weighted by atomic mass is 9.94. The molecule has 0 aromatic heterocycles. The van der Waals surface area contributed by atoms with Crippen molar-refractivity contribution in [1.82, 2.24) is 9.80 Å². The van der Waals surface area contributed by atoms with Gasteiger partial charge in [-0.1, -0.05) is 30.3 Å². The standard InChI is InChI=1S/C17H24N2O2/c20-9-8-17(21)19-12-15-6-7-16(13-19)18(11-15)10-14-4-2-1-3-5-14/h1-5,15-16,20H,6-13H2/t15-,16-/m1/s1. The van der Waals surface area contributed by atoms with Crippen LogP contribution in [0.2, 0.25) is 0 Å². The third-order valence-corrected chi connectivity index (χ3v) is 4.73. The predicted octanol–water partition coefficient (Wildman–Crippen LogP) is 1.49. The summed E-state index contributed by atoms with van der Waals surface area (Å²) in [5, 5.41) is 8.97. The molecule has 2 bridgehead atoms. The van der Waals surface area contributed by atoms with Crippen molar-refractivity contribution >= 4 is 5.91 Å². The molecular weight excluding hydrogens is 264 g/mol. The molecule has 0 radical (unpaired) electrons. The van der Waals surface area contributed by atoms with E-state index in [1.165, 1.54) is 18.4 Å². The van der Waals surface area contributed by atoms with Crippen LogP contribution in [0.1, 0.15) is 24.8 Å². The lowest BCUT2D eigenvalue weighted by Crippen LogP contribution is -2.43. The highest BCUT2D eigenvalue weighted by molar-refractivity contribution is 5.76. The average molecular weight is 288 g/mol. The van der Waals surface area contributed by atoms with E-state index in [1.807, 2.05) is 11.0 Å². The zero-order valence-corrected chi connectivity index (χ0v) is 12.4. The van der Waals surface area contributed by atoms with E-state index in [1.54, 1.807) is 0 Å². The van der Waals surface area contributed by atoms with Crippen molar-refractivity contribution in [2.75, 3.05) is 26.2 Å². The van der Waals surface area contributed by atoms with Crippen molar-refractivity contribution < 1.29 is 9.90 Å². The molecule has 1 aromatic carbocycles. The number of hydrogen-bond acceptors (Lipinski definition) is 3. The minimum atomic E-state index is -0.0433. The molecule has 3 heterocycles. The first-order valence-electron chi connectivity index (χ1n) is 7.93. The van der Waals surface area contributed by atoms with E-state index >= 15 is 0 Å². The summed E-state index contributed by atoms with van der Waals surface area (Å²) in [4.78, 5) is 16.6. The Morgan fingerprint density at radius 3 is 2.71 bits per heavy atom. The number of benzene rings is 1. The number of nitrogens with zero attached hydrogens (tertiary/aromatic N) is 2. The van der Waals surface area contributed by atoms with E-state index in [-0.39, 0.29) is 18.9 Å². The van der Waals surface area contributed by atoms with Crippen molar-refractivity contribution in [2.24, 2.45) is 5.92 Å². The van der Waals surface area contributed by atoms with Crippen LogP contribution in [-0.2, 0) is 11.3 Å². The summed E-state index contributed by atoms with van der Waals surface area (Å²) in [6.45, 7) is 3.70. The van der Waals surface area contributed by atoms with Crippen molar-refractivity contribution in [2.45, 2.75) is 31.8 Å². The first kappa shape index (κ1) is 14.5.